The van der Waals surface area contributed by atoms with E-state index in [-0.39, 0.29) is 5.69 Å². The molecule has 3 aromatic rings. The maximum atomic E-state index is 12.3. The van der Waals surface area contributed by atoms with Gasteiger partial charge in [0.05, 0.1) is 18.5 Å². The summed E-state index contributed by atoms with van der Waals surface area (Å²) in [6.07, 6.45) is 5.18. The Morgan fingerprint density at radius 2 is 1.96 bits per heavy atom. The summed E-state index contributed by atoms with van der Waals surface area (Å²) in [5.74, 6) is -0.597. The van der Waals surface area contributed by atoms with E-state index < -0.39 is 11.3 Å². The number of hydrogen-bond donors (Lipinski definition) is 0. The highest BCUT2D eigenvalue weighted by molar-refractivity contribution is 5.91. The van der Waals surface area contributed by atoms with Crippen LogP contribution in [-0.2, 0) is 4.84 Å². The Bertz CT molecular complexity index is 1010. The number of amides is 1. The van der Waals surface area contributed by atoms with Crippen molar-refractivity contribution in [2.75, 3.05) is 14.2 Å². The molecule has 26 heavy (non-hydrogen) atoms. The molecule has 3 rings (SSSR count). The van der Waals surface area contributed by atoms with Crippen molar-refractivity contribution in [1.29, 1.82) is 0 Å². The molecular weight excluding hydrogens is 334 g/mol. The molecule has 2 aromatic heterocycles. The van der Waals surface area contributed by atoms with Crippen LogP contribution in [0.5, 0.6) is 0 Å². The summed E-state index contributed by atoms with van der Waals surface area (Å²) in [5.41, 5.74) is 2.41. The van der Waals surface area contributed by atoms with Gasteiger partial charge in [-0.15, -0.1) is 0 Å². The van der Waals surface area contributed by atoms with Crippen molar-refractivity contribution < 1.29 is 9.63 Å². The lowest BCUT2D eigenvalue weighted by molar-refractivity contribution is -0.0762. The van der Waals surface area contributed by atoms with E-state index in [9.17, 15) is 9.59 Å². The van der Waals surface area contributed by atoms with Crippen molar-refractivity contribution >= 4 is 5.91 Å². The van der Waals surface area contributed by atoms with Gasteiger partial charge in [-0.2, -0.15) is 10.2 Å². The molecule has 0 radical (unpaired) electrons. The molecule has 0 N–H and O–H groups in total. The molecule has 8 heteroatoms. The second kappa shape index (κ2) is 6.93. The first kappa shape index (κ1) is 17.6. The van der Waals surface area contributed by atoms with Crippen molar-refractivity contribution in [3.05, 3.63) is 69.9 Å². The summed E-state index contributed by atoms with van der Waals surface area (Å²) in [4.78, 5) is 29.5. The van der Waals surface area contributed by atoms with Gasteiger partial charge in [0.1, 0.15) is 0 Å². The van der Waals surface area contributed by atoms with Crippen molar-refractivity contribution in [3.63, 3.8) is 0 Å². The zero-order chi connectivity index (χ0) is 18.8. The number of aromatic nitrogens is 4. The van der Waals surface area contributed by atoms with Gasteiger partial charge in [-0.3, -0.25) is 14.4 Å². The van der Waals surface area contributed by atoms with Gasteiger partial charge in [0, 0.05) is 31.2 Å². The minimum atomic E-state index is -0.597. The van der Waals surface area contributed by atoms with Crippen LogP contribution in [0.2, 0.25) is 0 Å². The standard InChI is InChI=1S/C18H19N5O3/c1-12-10-14(22-9-5-8-19-22)6-7-15(12)23-11-13(2)17(24)16(20-23)18(25)21(3)26-4/h5-11H,1-4H3. The molecule has 0 unspecified atom stereocenters. The Morgan fingerprint density at radius 3 is 2.58 bits per heavy atom. The predicted octanol–water partition coefficient (Wildman–Crippen LogP) is 1.67. The molecule has 134 valence electrons. The summed E-state index contributed by atoms with van der Waals surface area (Å²) in [6, 6.07) is 7.57. The van der Waals surface area contributed by atoms with Gasteiger partial charge in [-0.05, 0) is 43.7 Å². The highest BCUT2D eigenvalue weighted by atomic mass is 16.7. The van der Waals surface area contributed by atoms with Crippen LogP contribution in [0.15, 0.2) is 47.7 Å². The Labute approximate surface area is 150 Å². The molecule has 0 spiro atoms. The largest absolute Gasteiger partial charge is 0.301 e. The summed E-state index contributed by atoms with van der Waals surface area (Å²) < 4.78 is 3.29. The fourth-order valence-electron chi connectivity index (χ4n) is 2.57. The van der Waals surface area contributed by atoms with Crippen LogP contribution < -0.4 is 5.43 Å². The minimum absolute atomic E-state index is 0.190. The highest BCUT2D eigenvalue weighted by Gasteiger charge is 2.20. The van der Waals surface area contributed by atoms with Gasteiger partial charge in [0.15, 0.2) is 5.69 Å². The lowest BCUT2D eigenvalue weighted by atomic mass is 10.1. The van der Waals surface area contributed by atoms with E-state index in [4.69, 9.17) is 4.84 Å². The third-order valence-electron chi connectivity index (χ3n) is 4.06. The van der Waals surface area contributed by atoms with Crippen molar-refractivity contribution in [1.82, 2.24) is 24.6 Å². The van der Waals surface area contributed by atoms with E-state index in [2.05, 4.69) is 10.2 Å². The van der Waals surface area contributed by atoms with Gasteiger partial charge >= 0.3 is 5.91 Å². The van der Waals surface area contributed by atoms with Crippen LogP contribution in [-0.4, -0.2) is 44.7 Å². The lowest BCUT2D eigenvalue weighted by Gasteiger charge is -2.15. The normalized spacial score (nSPS) is 10.8. The summed E-state index contributed by atoms with van der Waals surface area (Å²) in [5, 5.41) is 9.42. The first-order valence-electron chi connectivity index (χ1n) is 7.96. The number of benzene rings is 1. The molecule has 0 saturated carbocycles. The molecular formula is C18H19N5O3. The van der Waals surface area contributed by atoms with E-state index in [1.54, 1.807) is 24.0 Å². The third kappa shape index (κ3) is 3.14. The topological polar surface area (TPSA) is 82.2 Å². The van der Waals surface area contributed by atoms with Crippen LogP contribution in [0.4, 0.5) is 0 Å². The molecule has 1 aromatic carbocycles. The first-order chi connectivity index (χ1) is 12.4. The molecule has 0 aliphatic carbocycles. The molecule has 0 bridgehead atoms. The molecule has 1 amide bonds. The zero-order valence-electron chi connectivity index (χ0n) is 15.0. The Kier molecular flexibility index (Phi) is 4.68. The lowest BCUT2D eigenvalue weighted by Crippen LogP contribution is -2.33. The van der Waals surface area contributed by atoms with Crippen LogP contribution >= 0.6 is 0 Å². The number of carbonyl (C=O) groups excluding carboxylic acids is 1. The monoisotopic (exact) mass is 353 g/mol. The number of nitrogens with zero attached hydrogens (tertiary/aromatic N) is 5. The maximum absolute atomic E-state index is 12.3. The summed E-state index contributed by atoms with van der Waals surface area (Å²) >= 11 is 0. The van der Waals surface area contributed by atoms with Crippen LogP contribution in [0.25, 0.3) is 11.4 Å². The molecule has 2 heterocycles. The number of rotatable bonds is 4. The van der Waals surface area contributed by atoms with Crippen LogP contribution in [0.3, 0.4) is 0 Å². The Morgan fingerprint density at radius 1 is 1.19 bits per heavy atom. The fourth-order valence-corrected chi connectivity index (χ4v) is 2.57. The smallest absolute Gasteiger partial charge is 0.287 e. The SMILES string of the molecule is CON(C)C(=O)c1nn(-c2ccc(-n3cccn3)cc2C)cc(C)c1=O. The molecule has 0 fully saturated rings. The molecule has 0 saturated heterocycles. The highest BCUT2D eigenvalue weighted by Crippen LogP contribution is 2.17. The number of hydrogen-bond acceptors (Lipinski definition) is 5. The summed E-state index contributed by atoms with van der Waals surface area (Å²) in [6.45, 7) is 3.58. The fraction of sp³-hybridized carbons (Fsp3) is 0.222. The number of hydroxylamine groups is 2. The molecule has 0 atom stereocenters. The second-order valence-electron chi connectivity index (χ2n) is 5.84. The molecule has 0 aliphatic rings. The van der Waals surface area contributed by atoms with Gasteiger partial charge in [-0.25, -0.2) is 14.4 Å². The zero-order valence-corrected chi connectivity index (χ0v) is 15.0. The van der Waals surface area contributed by atoms with Crippen LogP contribution in [0, 0.1) is 13.8 Å². The predicted molar refractivity (Wildman–Crippen MR) is 95.5 cm³/mol. The van der Waals surface area contributed by atoms with Crippen molar-refractivity contribution in [2.45, 2.75) is 13.8 Å². The van der Waals surface area contributed by atoms with Crippen LogP contribution in [0.1, 0.15) is 21.6 Å². The molecule has 8 nitrogen and oxygen atoms in total. The van der Waals surface area contributed by atoms with Gasteiger partial charge in [0.25, 0.3) is 0 Å². The third-order valence-corrected chi connectivity index (χ3v) is 4.06. The molecule has 0 aliphatic heterocycles. The van der Waals surface area contributed by atoms with Crippen molar-refractivity contribution in [3.8, 4) is 11.4 Å². The Hall–Kier alpha value is -3.26. The van der Waals surface area contributed by atoms with E-state index in [1.165, 1.54) is 18.8 Å². The average Bonchev–Trinajstić information content (AvgIpc) is 3.17. The van der Waals surface area contributed by atoms with Crippen molar-refractivity contribution in [2.24, 2.45) is 0 Å². The first-order valence-corrected chi connectivity index (χ1v) is 7.96. The number of carbonyl (C=O) groups is 1. The van der Waals surface area contributed by atoms with E-state index in [1.807, 2.05) is 37.4 Å². The van der Waals surface area contributed by atoms with E-state index >= 15 is 0 Å². The summed E-state index contributed by atoms with van der Waals surface area (Å²) in [7, 11) is 2.78. The number of aryl methyl sites for hydroxylation is 2. The van der Waals surface area contributed by atoms with E-state index in [0.717, 1.165) is 22.0 Å². The minimum Gasteiger partial charge on any atom is -0.287 e. The average molecular weight is 353 g/mol. The van der Waals surface area contributed by atoms with Gasteiger partial charge in [0.2, 0.25) is 5.43 Å². The second-order valence-corrected chi connectivity index (χ2v) is 5.84. The maximum Gasteiger partial charge on any atom is 0.301 e. The Balaban J connectivity index is 2.08. The quantitative estimate of drug-likeness (QED) is 0.667. The van der Waals surface area contributed by atoms with Gasteiger partial charge < -0.3 is 0 Å². The van der Waals surface area contributed by atoms with Gasteiger partial charge in [-0.1, -0.05) is 0 Å². The van der Waals surface area contributed by atoms with E-state index in [0.29, 0.717) is 5.56 Å².